The number of carbonyl (C=O) groups excluding carboxylic acids is 1. The molecule has 2 atom stereocenters. The average molecular weight is 356 g/mol. The minimum absolute atomic E-state index is 0.0680. The van der Waals surface area contributed by atoms with Crippen molar-refractivity contribution in [3.05, 3.63) is 23.5 Å². The Morgan fingerprint density at radius 1 is 1.38 bits per heavy atom. The lowest BCUT2D eigenvalue weighted by molar-refractivity contribution is -0.143. The number of aryl methyl sites for hydroxylation is 1. The van der Waals surface area contributed by atoms with E-state index in [9.17, 15) is 23.1 Å². The van der Waals surface area contributed by atoms with Crippen molar-refractivity contribution in [3.8, 4) is 0 Å². The number of piperidine rings is 1. The highest BCUT2D eigenvalue weighted by molar-refractivity contribution is 7.89. The molecule has 0 aliphatic carbocycles. The summed E-state index contributed by atoms with van der Waals surface area (Å²) in [5, 5.41) is 9.20. The number of aliphatic carboxylic acids is 1. The fourth-order valence-corrected chi connectivity index (χ4v) is 4.38. The number of carboxylic acids is 1. The largest absolute Gasteiger partial charge is 0.481 e. The van der Waals surface area contributed by atoms with Crippen LogP contribution in [0.3, 0.4) is 0 Å². The van der Waals surface area contributed by atoms with Crippen LogP contribution in [0.1, 0.15) is 29.4 Å². The number of methoxy groups -OCH3 is 1. The minimum atomic E-state index is -3.94. The van der Waals surface area contributed by atoms with Crippen LogP contribution in [0.2, 0.25) is 0 Å². The molecule has 0 radical (unpaired) electrons. The summed E-state index contributed by atoms with van der Waals surface area (Å²) < 4.78 is 31.4. The van der Waals surface area contributed by atoms with E-state index >= 15 is 0 Å². The summed E-state index contributed by atoms with van der Waals surface area (Å²) in [6.45, 7) is 3.52. The number of aromatic nitrogens is 1. The zero-order chi connectivity index (χ0) is 18.1. The number of carbonyl (C=O) groups is 2. The predicted molar refractivity (Wildman–Crippen MR) is 84.0 cm³/mol. The Kier molecular flexibility index (Phi) is 5.24. The molecule has 0 bridgehead atoms. The Hall–Kier alpha value is -2.00. The average Bonchev–Trinajstić information content (AvgIpc) is 2.53. The number of hydrogen-bond acceptors (Lipinski definition) is 6. The highest BCUT2D eigenvalue weighted by Gasteiger charge is 2.36. The van der Waals surface area contributed by atoms with E-state index in [4.69, 9.17) is 0 Å². The molecule has 1 aromatic heterocycles. The number of pyridine rings is 1. The molecule has 1 N–H and O–H groups in total. The van der Waals surface area contributed by atoms with E-state index in [1.807, 2.05) is 6.92 Å². The first kappa shape index (κ1) is 18.3. The maximum atomic E-state index is 12.8. The van der Waals surface area contributed by atoms with Gasteiger partial charge in [0.25, 0.3) is 0 Å². The monoisotopic (exact) mass is 356 g/mol. The molecule has 2 heterocycles. The summed E-state index contributed by atoms with van der Waals surface area (Å²) in [6, 6.07) is 1.22. The summed E-state index contributed by atoms with van der Waals surface area (Å²) in [6.07, 6.45) is 1.60. The molecule has 1 aliphatic heterocycles. The van der Waals surface area contributed by atoms with E-state index in [1.54, 1.807) is 6.92 Å². The number of sulfonamides is 1. The zero-order valence-electron chi connectivity index (χ0n) is 13.7. The van der Waals surface area contributed by atoms with Gasteiger partial charge in [0.05, 0.1) is 24.3 Å². The molecule has 2 unspecified atom stereocenters. The van der Waals surface area contributed by atoms with E-state index in [1.165, 1.54) is 19.4 Å². The first-order valence-corrected chi connectivity index (χ1v) is 8.88. The second kappa shape index (κ2) is 6.86. The van der Waals surface area contributed by atoms with Gasteiger partial charge in [-0.15, -0.1) is 0 Å². The lowest BCUT2D eigenvalue weighted by Crippen LogP contribution is -2.45. The maximum Gasteiger partial charge on any atom is 0.339 e. The molecule has 0 amide bonds. The smallest absolute Gasteiger partial charge is 0.339 e. The van der Waals surface area contributed by atoms with Crippen LogP contribution >= 0.6 is 0 Å². The van der Waals surface area contributed by atoms with Crippen LogP contribution in [0.4, 0.5) is 0 Å². The van der Waals surface area contributed by atoms with Crippen molar-refractivity contribution in [1.82, 2.24) is 9.29 Å². The number of hydrogen-bond donors (Lipinski definition) is 1. The summed E-state index contributed by atoms with van der Waals surface area (Å²) in [5.41, 5.74) is 0.426. The van der Waals surface area contributed by atoms with Gasteiger partial charge in [-0.25, -0.2) is 13.2 Å². The van der Waals surface area contributed by atoms with Crippen molar-refractivity contribution in [2.24, 2.45) is 11.8 Å². The summed E-state index contributed by atoms with van der Waals surface area (Å²) in [7, 11) is -2.74. The third-order valence-corrected chi connectivity index (χ3v) is 5.88. The van der Waals surface area contributed by atoms with Crippen LogP contribution < -0.4 is 0 Å². The first-order valence-electron chi connectivity index (χ1n) is 7.44. The first-order chi connectivity index (χ1) is 11.2. The van der Waals surface area contributed by atoms with Crippen LogP contribution in [-0.2, 0) is 19.6 Å². The Morgan fingerprint density at radius 3 is 2.62 bits per heavy atom. The van der Waals surface area contributed by atoms with Gasteiger partial charge < -0.3 is 9.84 Å². The quantitative estimate of drug-likeness (QED) is 0.797. The number of ether oxygens (including phenoxy) is 1. The molecule has 9 heteroatoms. The van der Waals surface area contributed by atoms with Crippen molar-refractivity contribution >= 4 is 22.0 Å². The number of esters is 1. The maximum absolute atomic E-state index is 12.8. The molecule has 24 heavy (non-hydrogen) atoms. The number of rotatable bonds is 4. The second-order valence-corrected chi connectivity index (χ2v) is 7.93. The fraction of sp³-hybridized carbons (Fsp3) is 0.533. The number of nitrogens with zero attached hydrogens (tertiary/aromatic N) is 2. The molecule has 8 nitrogen and oxygen atoms in total. The highest BCUT2D eigenvalue weighted by Crippen LogP contribution is 2.27. The van der Waals surface area contributed by atoms with Gasteiger partial charge in [0, 0.05) is 19.3 Å². The van der Waals surface area contributed by atoms with Gasteiger partial charge in [-0.05, 0) is 25.3 Å². The van der Waals surface area contributed by atoms with E-state index in [-0.39, 0.29) is 29.5 Å². The van der Waals surface area contributed by atoms with Crippen LogP contribution in [0.25, 0.3) is 0 Å². The van der Waals surface area contributed by atoms with Crippen molar-refractivity contribution in [1.29, 1.82) is 0 Å². The molecule has 0 saturated carbocycles. The zero-order valence-corrected chi connectivity index (χ0v) is 14.5. The Morgan fingerprint density at radius 2 is 2.04 bits per heavy atom. The van der Waals surface area contributed by atoms with Crippen LogP contribution in [0.15, 0.2) is 17.2 Å². The van der Waals surface area contributed by atoms with Crippen LogP contribution in [0.5, 0.6) is 0 Å². The summed E-state index contributed by atoms with van der Waals surface area (Å²) >= 11 is 0. The normalized spacial score (nSPS) is 22.1. The molecule has 132 valence electrons. The molecule has 0 spiro atoms. The minimum Gasteiger partial charge on any atom is -0.481 e. The van der Waals surface area contributed by atoms with Crippen molar-refractivity contribution in [2.45, 2.75) is 25.2 Å². The standard InChI is InChI=1S/C15H20N2O6S/c1-9-4-11(14(18)19)8-17(7-9)24(21,22)12-5-13(15(20)23-3)10(2)16-6-12/h5-6,9,11H,4,7-8H2,1-3H3,(H,18,19). The molecule has 2 rings (SSSR count). The Balaban J connectivity index is 2.39. The van der Waals surface area contributed by atoms with E-state index in [2.05, 4.69) is 9.72 Å². The third kappa shape index (κ3) is 3.57. The lowest BCUT2D eigenvalue weighted by atomic mass is 9.92. The fourth-order valence-electron chi connectivity index (χ4n) is 2.80. The number of carboxylic acid groups (broad SMARTS) is 1. The van der Waals surface area contributed by atoms with Gasteiger partial charge in [-0.1, -0.05) is 6.92 Å². The van der Waals surface area contributed by atoms with Gasteiger partial charge >= 0.3 is 11.9 Å². The third-order valence-electron chi connectivity index (χ3n) is 4.08. The molecule has 0 aromatic carbocycles. The van der Waals surface area contributed by atoms with Gasteiger partial charge in [0.15, 0.2) is 0 Å². The van der Waals surface area contributed by atoms with Gasteiger partial charge in [-0.2, -0.15) is 4.31 Å². The Labute approximate surface area is 140 Å². The van der Waals surface area contributed by atoms with Crippen molar-refractivity contribution in [3.63, 3.8) is 0 Å². The molecular weight excluding hydrogens is 336 g/mol. The van der Waals surface area contributed by atoms with E-state index in [0.717, 1.165) is 4.31 Å². The molecular formula is C15H20N2O6S. The summed E-state index contributed by atoms with van der Waals surface area (Å²) in [5.74, 6) is -2.51. The molecule has 1 aromatic rings. The van der Waals surface area contributed by atoms with E-state index < -0.39 is 27.9 Å². The Bertz CT molecular complexity index is 761. The molecule has 1 fully saturated rings. The highest BCUT2D eigenvalue weighted by atomic mass is 32.2. The van der Waals surface area contributed by atoms with E-state index in [0.29, 0.717) is 12.1 Å². The van der Waals surface area contributed by atoms with Crippen molar-refractivity contribution < 1.29 is 27.9 Å². The lowest BCUT2D eigenvalue weighted by Gasteiger charge is -2.33. The second-order valence-electron chi connectivity index (χ2n) is 5.99. The van der Waals surface area contributed by atoms with Gasteiger partial charge in [-0.3, -0.25) is 9.78 Å². The van der Waals surface area contributed by atoms with Gasteiger partial charge in [0.2, 0.25) is 10.0 Å². The topological polar surface area (TPSA) is 114 Å². The van der Waals surface area contributed by atoms with Crippen molar-refractivity contribution in [2.75, 3.05) is 20.2 Å². The molecule has 1 aliphatic rings. The van der Waals surface area contributed by atoms with Crippen LogP contribution in [0, 0.1) is 18.8 Å². The predicted octanol–water partition coefficient (Wildman–Crippen LogP) is 0.908. The molecule has 1 saturated heterocycles. The summed E-state index contributed by atoms with van der Waals surface area (Å²) in [4.78, 5) is 26.8. The van der Waals surface area contributed by atoms with Gasteiger partial charge in [0.1, 0.15) is 4.90 Å². The SMILES string of the molecule is COC(=O)c1cc(S(=O)(=O)N2CC(C)CC(C(=O)O)C2)cnc1C. The van der Waals surface area contributed by atoms with Crippen LogP contribution in [-0.4, -0.2) is 55.0 Å².